The molecule has 0 fully saturated rings. The van der Waals surface area contributed by atoms with E-state index in [1.165, 1.54) is 13.2 Å². The van der Waals surface area contributed by atoms with E-state index in [1.54, 1.807) is 18.2 Å². The highest BCUT2D eigenvalue weighted by Crippen LogP contribution is 2.36. The van der Waals surface area contributed by atoms with E-state index in [0.29, 0.717) is 17.5 Å². The van der Waals surface area contributed by atoms with Gasteiger partial charge in [0.25, 0.3) is 5.91 Å². The first-order chi connectivity index (χ1) is 13.2. The number of aryl methyl sites for hydroxylation is 1. The van der Waals surface area contributed by atoms with Gasteiger partial charge in [-0.05, 0) is 42.8 Å². The van der Waals surface area contributed by atoms with Crippen molar-refractivity contribution in [3.63, 3.8) is 0 Å². The Morgan fingerprint density at radius 2 is 1.96 bits per heavy atom. The molecular formula is C19H15ClF3N3O2. The summed E-state index contributed by atoms with van der Waals surface area (Å²) in [6, 6.07) is 9.91. The van der Waals surface area contributed by atoms with Gasteiger partial charge >= 0.3 is 6.18 Å². The quantitative estimate of drug-likeness (QED) is 0.530. The third-order valence-corrected chi connectivity index (χ3v) is 3.95. The third-order valence-electron chi connectivity index (χ3n) is 3.62. The van der Waals surface area contributed by atoms with Gasteiger partial charge in [0.1, 0.15) is 17.4 Å². The van der Waals surface area contributed by atoms with Crippen molar-refractivity contribution in [2.75, 3.05) is 17.7 Å². The molecule has 0 radical (unpaired) electrons. The fourth-order valence-corrected chi connectivity index (χ4v) is 2.48. The van der Waals surface area contributed by atoms with Crippen molar-refractivity contribution in [2.45, 2.75) is 13.1 Å². The first-order valence-electron chi connectivity index (χ1n) is 7.85. The maximum atomic E-state index is 12.9. The van der Waals surface area contributed by atoms with Crippen LogP contribution >= 0.6 is 11.6 Å². The molecule has 28 heavy (non-hydrogen) atoms. The van der Waals surface area contributed by atoms with Gasteiger partial charge in [0.05, 0.1) is 23.4 Å². The molecule has 146 valence electrons. The van der Waals surface area contributed by atoms with Crippen molar-refractivity contribution in [3.05, 3.63) is 64.3 Å². The Morgan fingerprint density at radius 1 is 1.25 bits per heavy atom. The third kappa shape index (κ3) is 5.18. The lowest BCUT2D eigenvalue weighted by molar-refractivity contribution is -0.137. The van der Waals surface area contributed by atoms with Gasteiger partial charge in [0, 0.05) is 11.9 Å². The van der Waals surface area contributed by atoms with Gasteiger partial charge in [-0.3, -0.25) is 4.79 Å². The van der Waals surface area contributed by atoms with Gasteiger partial charge in [0.15, 0.2) is 0 Å². The number of hydrogen-bond acceptors (Lipinski definition) is 4. The minimum absolute atomic E-state index is 0.143. The fraction of sp³-hybridized carbons (Fsp3) is 0.158. The normalized spacial score (nSPS) is 11.5. The largest absolute Gasteiger partial charge is 0.495 e. The van der Waals surface area contributed by atoms with Gasteiger partial charge in [0.2, 0.25) is 0 Å². The van der Waals surface area contributed by atoms with Gasteiger partial charge in [-0.15, -0.1) is 0 Å². The number of methoxy groups -OCH3 is 1. The molecule has 1 amide bonds. The standard InChI is InChI=1S/C19H15ClF3N3O2/c1-11-3-6-17(28-2)16(7-11)25-10-12(9-24)18(27)26-13-4-5-15(20)14(8-13)19(21,22)23/h3-8,10,25H,1-2H3,(H,26,27)/b12-10-. The number of rotatable bonds is 5. The van der Waals surface area contributed by atoms with E-state index in [9.17, 15) is 23.2 Å². The lowest BCUT2D eigenvalue weighted by Crippen LogP contribution is -2.15. The van der Waals surface area contributed by atoms with E-state index < -0.39 is 22.7 Å². The van der Waals surface area contributed by atoms with E-state index in [2.05, 4.69) is 10.6 Å². The van der Waals surface area contributed by atoms with Crippen LogP contribution in [0.5, 0.6) is 5.75 Å². The highest BCUT2D eigenvalue weighted by molar-refractivity contribution is 6.31. The predicted octanol–water partition coefficient (Wildman–Crippen LogP) is 5.13. The number of ether oxygens (including phenoxy) is 1. The lowest BCUT2D eigenvalue weighted by atomic mass is 10.2. The van der Waals surface area contributed by atoms with Crippen LogP contribution in [0.3, 0.4) is 0 Å². The van der Waals surface area contributed by atoms with Gasteiger partial charge in [-0.2, -0.15) is 18.4 Å². The Bertz CT molecular complexity index is 966. The van der Waals surface area contributed by atoms with Crippen LogP contribution in [0.15, 0.2) is 48.2 Å². The van der Waals surface area contributed by atoms with E-state index in [0.717, 1.165) is 17.8 Å². The molecule has 2 aromatic carbocycles. The number of carbonyl (C=O) groups excluding carboxylic acids is 1. The summed E-state index contributed by atoms with van der Waals surface area (Å²) in [7, 11) is 1.47. The van der Waals surface area contributed by atoms with Gasteiger partial charge in [-0.1, -0.05) is 17.7 Å². The molecule has 5 nitrogen and oxygen atoms in total. The first-order valence-corrected chi connectivity index (χ1v) is 8.23. The van der Waals surface area contributed by atoms with Gasteiger partial charge in [-0.25, -0.2) is 0 Å². The van der Waals surface area contributed by atoms with Crippen molar-refractivity contribution in [2.24, 2.45) is 0 Å². The number of benzene rings is 2. The van der Waals surface area contributed by atoms with Crippen LogP contribution in [0, 0.1) is 18.3 Å². The molecule has 0 aliphatic heterocycles. The molecule has 0 saturated carbocycles. The number of amides is 1. The highest BCUT2D eigenvalue weighted by atomic mass is 35.5. The zero-order valence-electron chi connectivity index (χ0n) is 14.8. The summed E-state index contributed by atoms with van der Waals surface area (Å²) in [6.45, 7) is 1.85. The first kappa shape index (κ1) is 21.1. The molecule has 0 aliphatic carbocycles. The Balaban J connectivity index is 2.22. The number of carbonyl (C=O) groups is 1. The Hall–Kier alpha value is -3.18. The van der Waals surface area contributed by atoms with E-state index in [-0.39, 0.29) is 11.3 Å². The molecule has 0 spiro atoms. The molecule has 2 aromatic rings. The van der Waals surface area contributed by atoms with Crippen molar-refractivity contribution in [3.8, 4) is 11.8 Å². The second kappa shape index (κ2) is 8.67. The molecule has 0 saturated heterocycles. The number of nitriles is 1. The molecule has 0 bridgehead atoms. The van der Waals surface area contributed by atoms with Crippen molar-refractivity contribution in [1.29, 1.82) is 5.26 Å². The zero-order valence-corrected chi connectivity index (χ0v) is 15.6. The van der Waals surface area contributed by atoms with Crippen molar-refractivity contribution >= 4 is 28.9 Å². The van der Waals surface area contributed by atoms with Gasteiger partial charge < -0.3 is 15.4 Å². The molecule has 0 aromatic heterocycles. The van der Waals surface area contributed by atoms with Crippen LogP contribution in [0.25, 0.3) is 0 Å². The number of nitrogens with one attached hydrogen (secondary N) is 2. The molecule has 2 rings (SSSR count). The average Bonchev–Trinajstić information content (AvgIpc) is 2.63. The topological polar surface area (TPSA) is 74.1 Å². The summed E-state index contributed by atoms with van der Waals surface area (Å²) in [5.74, 6) is -0.385. The number of nitrogens with zero attached hydrogens (tertiary/aromatic N) is 1. The fourth-order valence-electron chi connectivity index (χ4n) is 2.25. The summed E-state index contributed by atoms with van der Waals surface area (Å²) in [4.78, 5) is 12.2. The summed E-state index contributed by atoms with van der Waals surface area (Å²) >= 11 is 5.55. The minimum atomic E-state index is -4.67. The molecule has 0 heterocycles. The van der Waals surface area contributed by atoms with Crippen LogP contribution in [0.4, 0.5) is 24.5 Å². The number of alkyl halides is 3. The lowest BCUT2D eigenvalue weighted by Gasteiger charge is -2.12. The second-order valence-electron chi connectivity index (χ2n) is 5.66. The van der Waals surface area contributed by atoms with Crippen LogP contribution in [-0.2, 0) is 11.0 Å². The molecule has 2 N–H and O–H groups in total. The Morgan fingerprint density at radius 3 is 2.57 bits per heavy atom. The summed E-state index contributed by atoms with van der Waals surface area (Å²) in [5.41, 5.74) is -0.130. The van der Waals surface area contributed by atoms with Crippen molar-refractivity contribution in [1.82, 2.24) is 0 Å². The smallest absolute Gasteiger partial charge is 0.417 e. The molecular weight excluding hydrogens is 395 g/mol. The SMILES string of the molecule is COc1ccc(C)cc1N/C=C(/C#N)C(=O)Nc1ccc(Cl)c(C(F)(F)F)c1. The summed E-state index contributed by atoms with van der Waals surface area (Å²) in [5, 5.41) is 13.8. The average molecular weight is 410 g/mol. The molecule has 0 atom stereocenters. The van der Waals surface area contributed by atoms with Crippen molar-refractivity contribution < 1.29 is 22.7 Å². The Kier molecular flexibility index (Phi) is 6.54. The summed E-state index contributed by atoms with van der Waals surface area (Å²) in [6.07, 6.45) is -3.53. The molecule has 0 unspecified atom stereocenters. The summed E-state index contributed by atoms with van der Waals surface area (Å²) < 4.78 is 43.9. The number of halogens is 4. The second-order valence-corrected chi connectivity index (χ2v) is 6.07. The minimum Gasteiger partial charge on any atom is -0.495 e. The zero-order chi connectivity index (χ0) is 20.9. The monoisotopic (exact) mass is 409 g/mol. The van der Waals surface area contributed by atoms with E-state index in [4.69, 9.17) is 16.3 Å². The molecule has 0 aliphatic rings. The molecule has 9 heteroatoms. The number of anilines is 2. The maximum Gasteiger partial charge on any atom is 0.417 e. The van der Waals surface area contributed by atoms with Crippen LogP contribution in [0.1, 0.15) is 11.1 Å². The van der Waals surface area contributed by atoms with Crippen LogP contribution in [0.2, 0.25) is 5.02 Å². The maximum absolute atomic E-state index is 12.9. The van der Waals surface area contributed by atoms with E-state index in [1.807, 2.05) is 13.0 Å². The predicted molar refractivity (Wildman–Crippen MR) is 100 cm³/mol. The number of hydrogen-bond donors (Lipinski definition) is 2. The van der Waals surface area contributed by atoms with E-state index >= 15 is 0 Å². The highest BCUT2D eigenvalue weighted by Gasteiger charge is 2.33. The van der Waals surface area contributed by atoms with Crippen LogP contribution in [-0.4, -0.2) is 13.0 Å². The van der Waals surface area contributed by atoms with Crippen LogP contribution < -0.4 is 15.4 Å². The Labute approximate surface area is 164 Å².